The monoisotopic (exact) mass is 180 g/mol. The van der Waals surface area contributed by atoms with E-state index in [9.17, 15) is 0 Å². The molecule has 0 aromatic carbocycles. The van der Waals surface area contributed by atoms with Crippen LogP contribution < -0.4 is 0 Å². The smallest absolute Gasteiger partial charge is 0.100 e. The molecular formula is C11H20N2. The summed E-state index contributed by atoms with van der Waals surface area (Å²) in [5, 5.41) is 9.09. The van der Waals surface area contributed by atoms with E-state index < -0.39 is 0 Å². The van der Waals surface area contributed by atoms with E-state index in [1.54, 1.807) is 0 Å². The highest BCUT2D eigenvalue weighted by molar-refractivity contribution is 4.95. The summed E-state index contributed by atoms with van der Waals surface area (Å²) in [5.74, 6) is 0.517. The van der Waals surface area contributed by atoms with Crippen molar-refractivity contribution in [1.82, 2.24) is 4.90 Å². The van der Waals surface area contributed by atoms with Crippen molar-refractivity contribution < 1.29 is 0 Å². The van der Waals surface area contributed by atoms with Crippen molar-refractivity contribution in [3.05, 3.63) is 0 Å². The molecule has 1 saturated heterocycles. The third-order valence-electron chi connectivity index (χ3n) is 3.10. The summed E-state index contributed by atoms with van der Waals surface area (Å²) in [4.78, 5) is 2.36. The highest BCUT2D eigenvalue weighted by atomic mass is 15.2. The van der Waals surface area contributed by atoms with Gasteiger partial charge >= 0.3 is 0 Å². The Bertz CT molecular complexity index is 177. The average Bonchev–Trinajstić information content (AvgIpc) is 2.20. The molecule has 0 amide bonds. The number of nitrogens with zero attached hydrogens (tertiary/aromatic N) is 2. The van der Waals surface area contributed by atoms with Gasteiger partial charge in [-0.1, -0.05) is 26.7 Å². The molecular weight excluding hydrogens is 160 g/mol. The van der Waals surface area contributed by atoms with Crippen LogP contribution in [0.25, 0.3) is 0 Å². The van der Waals surface area contributed by atoms with Gasteiger partial charge in [0.15, 0.2) is 0 Å². The fourth-order valence-corrected chi connectivity index (χ4v) is 1.99. The van der Waals surface area contributed by atoms with Gasteiger partial charge in [0.05, 0.1) is 6.07 Å². The second kappa shape index (κ2) is 5.24. The van der Waals surface area contributed by atoms with Crippen LogP contribution in [0.4, 0.5) is 0 Å². The van der Waals surface area contributed by atoms with Crippen LogP contribution in [-0.2, 0) is 0 Å². The molecule has 0 N–H and O–H groups in total. The van der Waals surface area contributed by atoms with E-state index in [1.165, 1.54) is 19.3 Å². The second-order valence-electron chi connectivity index (χ2n) is 4.06. The Hall–Kier alpha value is -0.550. The van der Waals surface area contributed by atoms with Crippen molar-refractivity contribution >= 4 is 0 Å². The Kier molecular flexibility index (Phi) is 4.24. The minimum Gasteiger partial charge on any atom is -0.288 e. The van der Waals surface area contributed by atoms with Gasteiger partial charge in [0.2, 0.25) is 0 Å². The van der Waals surface area contributed by atoms with E-state index in [0.29, 0.717) is 5.92 Å². The van der Waals surface area contributed by atoms with E-state index in [0.717, 1.165) is 19.5 Å². The Balaban J connectivity index is 2.50. The molecule has 2 unspecified atom stereocenters. The van der Waals surface area contributed by atoms with Crippen molar-refractivity contribution in [2.45, 2.75) is 45.6 Å². The Labute approximate surface area is 81.5 Å². The Morgan fingerprint density at radius 2 is 1.92 bits per heavy atom. The summed E-state index contributed by atoms with van der Waals surface area (Å²) in [6.07, 6.45) is 4.99. The van der Waals surface area contributed by atoms with Gasteiger partial charge in [0.1, 0.15) is 6.04 Å². The lowest BCUT2D eigenvalue weighted by Gasteiger charge is -2.33. The molecule has 0 saturated carbocycles. The average molecular weight is 180 g/mol. The first-order chi connectivity index (χ1) is 6.29. The zero-order chi connectivity index (χ0) is 9.68. The van der Waals surface area contributed by atoms with Crippen LogP contribution in [-0.4, -0.2) is 24.0 Å². The largest absolute Gasteiger partial charge is 0.288 e. The van der Waals surface area contributed by atoms with Crippen molar-refractivity contribution in [1.29, 1.82) is 5.26 Å². The van der Waals surface area contributed by atoms with Crippen LogP contribution in [0, 0.1) is 17.2 Å². The molecule has 1 aliphatic rings. The minimum absolute atomic E-state index is 0.158. The standard InChI is InChI=1S/C11H20N2/c1-3-10(2)11(9-12)13-7-5-4-6-8-13/h10-11H,3-8H2,1-2H3. The molecule has 2 nitrogen and oxygen atoms in total. The van der Waals surface area contributed by atoms with Gasteiger partial charge in [-0.25, -0.2) is 0 Å². The molecule has 0 aromatic rings. The number of nitriles is 1. The maximum Gasteiger partial charge on any atom is 0.100 e. The molecule has 0 bridgehead atoms. The summed E-state index contributed by atoms with van der Waals surface area (Å²) in [6, 6.07) is 2.61. The van der Waals surface area contributed by atoms with Crippen molar-refractivity contribution in [3.63, 3.8) is 0 Å². The van der Waals surface area contributed by atoms with Crippen LogP contribution in [0.5, 0.6) is 0 Å². The molecule has 13 heavy (non-hydrogen) atoms. The molecule has 0 aliphatic carbocycles. The minimum atomic E-state index is 0.158. The van der Waals surface area contributed by atoms with Crippen LogP contribution in [0.15, 0.2) is 0 Å². The normalized spacial score (nSPS) is 23.5. The Morgan fingerprint density at radius 3 is 2.38 bits per heavy atom. The first kappa shape index (κ1) is 10.5. The molecule has 0 aromatic heterocycles. The predicted molar refractivity (Wildman–Crippen MR) is 54.3 cm³/mol. The van der Waals surface area contributed by atoms with Gasteiger partial charge in [-0.15, -0.1) is 0 Å². The van der Waals surface area contributed by atoms with Crippen molar-refractivity contribution in [2.24, 2.45) is 5.92 Å². The second-order valence-corrected chi connectivity index (χ2v) is 4.06. The number of hydrogen-bond donors (Lipinski definition) is 0. The summed E-state index contributed by atoms with van der Waals surface area (Å²) in [6.45, 7) is 6.60. The van der Waals surface area contributed by atoms with Gasteiger partial charge < -0.3 is 0 Å². The molecule has 1 aliphatic heterocycles. The quantitative estimate of drug-likeness (QED) is 0.667. The van der Waals surface area contributed by atoms with Crippen LogP contribution in [0.1, 0.15) is 39.5 Å². The van der Waals surface area contributed by atoms with E-state index in [1.807, 2.05) is 0 Å². The zero-order valence-corrected chi connectivity index (χ0v) is 8.79. The number of piperidine rings is 1. The molecule has 1 fully saturated rings. The van der Waals surface area contributed by atoms with E-state index in [4.69, 9.17) is 5.26 Å². The highest BCUT2D eigenvalue weighted by Gasteiger charge is 2.24. The molecule has 2 atom stereocenters. The topological polar surface area (TPSA) is 27.0 Å². The van der Waals surface area contributed by atoms with Crippen LogP contribution in [0.2, 0.25) is 0 Å². The zero-order valence-electron chi connectivity index (χ0n) is 8.79. The first-order valence-electron chi connectivity index (χ1n) is 5.43. The van der Waals surface area contributed by atoms with E-state index >= 15 is 0 Å². The van der Waals surface area contributed by atoms with Crippen molar-refractivity contribution in [3.8, 4) is 6.07 Å². The van der Waals surface area contributed by atoms with Gasteiger partial charge in [0, 0.05) is 0 Å². The Morgan fingerprint density at radius 1 is 1.31 bits per heavy atom. The lowest BCUT2D eigenvalue weighted by molar-refractivity contribution is 0.156. The highest BCUT2D eigenvalue weighted by Crippen LogP contribution is 2.18. The SMILES string of the molecule is CCC(C)C(C#N)N1CCCCC1. The fourth-order valence-electron chi connectivity index (χ4n) is 1.99. The molecule has 1 rings (SSSR count). The van der Waals surface area contributed by atoms with Crippen LogP contribution >= 0.6 is 0 Å². The lowest BCUT2D eigenvalue weighted by atomic mass is 9.97. The van der Waals surface area contributed by atoms with E-state index in [2.05, 4.69) is 24.8 Å². The maximum atomic E-state index is 9.09. The number of hydrogen-bond acceptors (Lipinski definition) is 2. The number of rotatable bonds is 3. The fraction of sp³-hybridized carbons (Fsp3) is 0.909. The summed E-state index contributed by atoms with van der Waals surface area (Å²) in [7, 11) is 0. The molecule has 1 heterocycles. The van der Waals surface area contributed by atoms with Gasteiger partial charge in [-0.3, -0.25) is 4.90 Å². The summed E-state index contributed by atoms with van der Waals surface area (Å²) < 4.78 is 0. The number of likely N-dealkylation sites (tertiary alicyclic amines) is 1. The molecule has 2 heteroatoms. The first-order valence-corrected chi connectivity index (χ1v) is 5.43. The maximum absolute atomic E-state index is 9.09. The third-order valence-corrected chi connectivity index (χ3v) is 3.10. The molecule has 0 radical (unpaired) electrons. The van der Waals surface area contributed by atoms with Gasteiger partial charge in [-0.2, -0.15) is 5.26 Å². The van der Waals surface area contributed by atoms with Gasteiger partial charge in [-0.05, 0) is 31.8 Å². The predicted octanol–water partition coefficient (Wildman–Crippen LogP) is 2.41. The van der Waals surface area contributed by atoms with Crippen LogP contribution in [0.3, 0.4) is 0 Å². The molecule has 0 spiro atoms. The third kappa shape index (κ3) is 2.70. The van der Waals surface area contributed by atoms with Gasteiger partial charge in [0.25, 0.3) is 0 Å². The van der Waals surface area contributed by atoms with Crippen molar-refractivity contribution in [2.75, 3.05) is 13.1 Å². The molecule has 74 valence electrons. The summed E-state index contributed by atoms with van der Waals surface area (Å²) >= 11 is 0. The van der Waals surface area contributed by atoms with E-state index in [-0.39, 0.29) is 6.04 Å². The lowest BCUT2D eigenvalue weighted by Crippen LogP contribution is -2.41. The summed E-state index contributed by atoms with van der Waals surface area (Å²) in [5.41, 5.74) is 0.